The predicted molar refractivity (Wildman–Crippen MR) is 273 cm³/mol. The lowest BCUT2D eigenvalue weighted by atomic mass is 9.42. The number of phenolic OH excluding ortho intramolecular Hbond substituents is 2. The molecule has 0 amide bonds. The zero-order valence-corrected chi connectivity index (χ0v) is 40.7. The monoisotopic (exact) mass is 996 g/mol. The number of rotatable bonds is 5. The molecule has 3 aliphatic carbocycles. The maximum absolute atomic E-state index is 15.2. The van der Waals surface area contributed by atoms with E-state index in [2.05, 4.69) is 39.8 Å². The highest BCUT2D eigenvalue weighted by Gasteiger charge is 2.61. The SMILES string of the molecule is Cc1cc([C@@](C)(c2ccc(O)c(-n3c(=O)c4cc5oc6cc7c(cc6oc5cc4c3=O)C3(C(C)C)c4ccccc4C7(C(C)C)c4cc5oc6cc7c(=O)n(C)c(=O)c7cc6oc5cc43)c2)C(F)(F)F)ccc1O. The maximum atomic E-state index is 15.2. The second kappa shape index (κ2) is 14.6. The molecule has 0 saturated heterocycles. The molecule has 3 atom stereocenters. The highest BCUT2D eigenvalue weighted by atomic mass is 19.4. The minimum absolute atomic E-state index is 0.0919. The van der Waals surface area contributed by atoms with Gasteiger partial charge < -0.3 is 27.9 Å². The van der Waals surface area contributed by atoms with Crippen molar-refractivity contribution in [1.29, 1.82) is 0 Å². The summed E-state index contributed by atoms with van der Waals surface area (Å²) in [6.07, 6.45) is -4.90. The zero-order chi connectivity index (χ0) is 52.0. The predicted octanol–water partition coefficient (Wildman–Crippen LogP) is 11.7. The fourth-order valence-corrected chi connectivity index (χ4v) is 12.8. The Balaban J connectivity index is 1.03. The average Bonchev–Trinajstić information content (AvgIpc) is 3.84. The van der Waals surface area contributed by atoms with Gasteiger partial charge in [0.1, 0.15) is 16.9 Å². The summed E-state index contributed by atoms with van der Waals surface area (Å²) in [5.74, 6) is -0.976. The van der Waals surface area contributed by atoms with Crippen LogP contribution in [0.4, 0.5) is 13.2 Å². The molecule has 14 rings (SSSR count). The highest BCUT2D eigenvalue weighted by molar-refractivity contribution is 5.97. The number of nitrogens with zero attached hydrogens (tertiary/aromatic N) is 2. The van der Waals surface area contributed by atoms with Crippen molar-refractivity contribution in [2.24, 2.45) is 18.9 Å². The lowest BCUT2D eigenvalue weighted by Gasteiger charge is -2.59. The molecule has 0 fully saturated rings. The van der Waals surface area contributed by atoms with Gasteiger partial charge in [0.25, 0.3) is 22.2 Å². The standard InChI is InChI=1S/C59H43F3N2O10/c1-26(2)57-35-10-8-9-11-36(35)58(27(3)4,38-23-49-48(22-37(38)57)71-44-18-31-32(19-45(44)72-49)53(68)63(7)52(31)67)40-25-51-50(24-39(40)57)73-46-20-33-34(21-47(46)74-51)55(70)64(54(33)69)41-17-30(13-15-43(41)66)56(6,59(60,61)62)29-12-14-42(65)28(5)16-29/h8-27,65-66H,1-7H3/t56-,57?,58?/m0/s1. The minimum Gasteiger partial charge on any atom is -0.508 e. The molecule has 2 N–H and O–H groups in total. The molecule has 4 aromatic heterocycles. The van der Waals surface area contributed by atoms with Crippen molar-refractivity contribution in [3.05, 3.63) is 201 Å². The first-order valence-electron chi connectivity index (χ1n) is 24.1. The van der Waals surface area contributed by atoms with Crippen LogP contribution >= 0.6 is 0 Å². The third kappa shape index (κ3) is 5.42. The number of alkyl halides is 3. The lowest BCUT2D eigenvalue weighted by Crippen LogP contribution is -2.55. The lowest BCUT2D eigenvalue weighted by molar-refractivity contribution is -0.173. The molecule has 0 radical (unpaired) electrons. The van der Waals surface area contributed by atoms with Crippen LogP contribution in [-0.4, -0.2) is 25.5 Å². The number of hydrogen-bond acceptors (Lipinski definition) is 10. The molecule has 74 heavy (non-hydrogen) atoms. The number of fused-ring (bicyclic) bond motifs is 6. The number of aryl methyl sites for hydroxylation is 1. The molecule has 2 bridgehead atoms. The van der Waals surface area contributed by atoms with Crippen LogP contribution in [0.15, 0.2) is 146 Å². The first kappa shape index (κ1) is 45.3. The molecular weight excluding hydrogens is 954 g/mol. The first-order chi connectivity index (χ1) is 35.1. The van der Waals surface area contributed by atoms with Crippen LogP contribution in [0.5, 0.6) is 11.5 Å². The Hall–Kier alpha value is -8.59. The van der Waals surface area contributed by atoms with Gasteiger partial charge in [0.05, 0.1) is 27.2 Å². The van der Waals surface area contributed by atoms with Gasteiger partial charge in [-0.2, -0.15) is 13.2 Å². The summed E-state index contributed by atoms with van der Waals surface area (Å²) in [4.78, 5) is 54.8. The van der Waals surface area contributed by atoms with E-state index >= 15 is 13.2 Å². The number of aromatic hydroxyl groups is 2. The van der Waals surface area contributed by atoms with Gasteiger partial charge in [-0.25, -0.2) is 4.57 Å². The largest absolute Gasteiger partial charge is 0.508 e. The number of hydrogen-bond donors (Lipinski definition) is 2. The van der Waals surface area contributed by atoms with Gasteiger partial charge in [0.2, 0.25) is 0 Å². The van der Waals surface area contributed by atoms with Gasteiger partial charge in [-0.05, 0) is 142 Å². The minimum atomic E-state index is -4.90. The molecule has 0 saturated carbocycles. The summed E-state index contributed by atoms with van der Waals surface area (Å²) in [5.41, 5.74) is 0.583. The van der Waals surface area contributed by atoms with Crippen molar-refractivity contribution in [3.63, 3.8) is 0 Å². The summed E-state index contributed by atoms with van der Waals surface area (Å²) in [5, 5.41) is 21.5. The van der Waals surface area contributed by atoms with Crippen molar-refractivity contribution < 1.29 is 41.1 Å². The van der Waals surface area contributed by atoms with E-state index in [4.69, 9.17) is 17.7 Å². The van der Waals surface area contributed by atoms with E-state index in [0.717, 1.165) is 69.1 Å². The van der Waals surface area contributed by atoms with Crippen LogP contribution < -0.4 is 22.2 Å². The molecule has 2 unspecified atom stereocenters. The Labute approximate surface area is 415 Å². The van der Waals surface area contributed by atoms with Gasteiger partial charge in [-0.15, -0.1) is 0 Å². The van der Waals surface area contributed by atoms with Crippen LogP contribution in [0.3, 0.4) is 0 Å². The summed E-state index contributed by atoms with van der Waals surface area (Å²) in [6.45, 7) is 11.0. The van der Waals surface area contributed by atoms with E-state index in [1.165, 1.54) is 38.2 Å². The van der Waals surface area contributed by atoms with Gasteiger partial charge >= 0.3 is 6.18 Å². The summed E-state index contributed by atoms with van der Waals surface area (Å²) < 4.78 is 73.9. The molecule has 12 nitrogen and oxygen atoms in total. The molecule has 4 heterocycles. The van der Waals surface area contributed by atoms with Crippen LogP contribution in [0.1, 0.15) is 84.7 Å². The van der Waals surface area contributed by atoms with Gasteiger partial charge in [-0.1, -0.05) is 70.2 Å². The topological polar surface area (TPSA) is 171 Å². The maximum Gasteiger partial charge on any atom is 0.402 e. The fraction of sp³-hybridized carbons (Fsp3) is 0.220. The van der Waals surface area contributed by atoms with Crippen molar-refractivity contribution in [2.75, 3.05) is 0 Å². The van der Waals surface area contributed by atoms with E-state index in [1.54, 1.807) is 12.1 Å². The molecular formula is C59H43F3N2O10. The Morgan fingerprint density at radius 2 is 0.838 bits per heavy atom. The van der Waals surface area contributed by atoms with Gasteiger partial charge in [0.15, 0.2) is 44.7 Å². The van der Waals surface area contributed by atoms with E-state index in [-0.39, 0.29) is 67.0 Å². The van der Waals surface area contributed by atoms with E-state index in [1.807, 2.05) is 36.4 Å². The smallest absolute Gasteiger partial charge is 0.402 e. The molecule has 370 valence electrons. The van der Waals surface area contributed by atoms with Crippen LogP contribution in [0.25, 0.3) is 71.9 Å². The first-order valence-corrected chi connectivity index (χ1v) is 24.1. The van der Waals surface area contributed by atoms with Crippen LogP contribution in [0, 0.1) is 18.8 Å². The van der Waals surface area contributed by atoms with Crippen LogP contribution in [-0.2, 0) is 23.3 Å². The second-order valence-corrected chi connectivity index (χ2v) is 20.7. The molecule has 11 aromatic rings. The third-order valence-corrected chi connectivity index (χ3v) is 16.5. The number of halogens is 3. The molecule has 3 aliphatic rings. The van der Waals surface area contributed by atoms with Crippen molar-refractivity contribution in [1.82, 2.24) is 9.13 Å². The Morgan fingerprint density at radius 1 is 0.486 bits per heavy atom. The quantitative estimate of drug-likeness (QED) is 0.158. The highest BCUT2D eigenvalue weighted by Crippen LogP contribution is 2.67. The summed E-state index contributed by atoms with van der Waals surface area (Å²) >= 11 is 0. The fourth-order valence-electron chi connectivity index (χ4n) is 12.8. The van der Waals surface area contributed by atoms with Gasteiger partial charge in [0, 0.05) is 17.9 Å². The van der Waals surface area contributed by atoms with Crippen molar-refractivity contribution in [3.8, 4) is 17.2 Å². The zero-order valence-electron chi connectivity index (χ0n) is 40.7. The Bertz CT molecular complexity index is 4400. The van der Waals surface area contributed by atoms with Gasteiger partial charge in [-0.3, -0.25) is 23.7 Å². The summed E-state index contributed by atoms with van der Waals surface area (Å²) in [7, 11) is 1.43. The van der Waals surface area contributed by atoms with Crippen molar-refractivity contribution >= 4 is 66.2 Å². The molecule has 0 aliphatic heterocycles. The number of phenols is 2. The third-order valence-electron chi connectivity index (χ3n) is 16.5. The normalized spacial score (nSPS) is 18.1. The average molecular weight is 997 g/mol. The molecule has 7 aromatic carbocycles. The molecule has 15 heteroatoms. The van der Waals surface area contributed by atoms with Crippen molar-refractivity contribution in [2.45, 2.75) is 64.0 Å². The summed E-state index contributed by atoms with van der Waals surface area (Å²) in [6, 6.07) is 28.8. The van der Waals surface area contributed by atoms with E-state index in [0.29, 0.717) is 38.1 Å². The Kier molecular flexibility index (Phi) is 8.90. The van der Waals surface area contributed by atoms with E-state index < -0.39 is 56.1 Å². The van der Waals surface area contributed by atoms with E-state index in [9.17, 15) is 29.4 Å². The number of aromatic nitrogens is 2. The second-order valence-electron chi connectivity index (χ2n) is 20.7. The number of benzene rings is 7. The molecule has 0 spiro atoms. The Morgan fingerprint density at radius 3 is 1.20 bits per heavy atom. The van der Waals surface area contributed by atoms with Crippen LogP contribution in [0.2, 0.25) is 0 Å².